The molecule has 0 fully saturated rings. The first-order valence-corrected chi connectivity index (χ1v) is 9.05. The van der Waals surface area contributed by atoms with E-state index in [1.165, 1.54) is 0 Å². The second-order valence-corrected chi connectivity index (χ2v) is 6.73. The summed E-state index contributed by atoms with van der Waals surface area (Å²) in [6, 6.07) is 12.8. The van der Waals surface area contributed by atoms with Gasteiger partial charge in [-0.15, -0.1) is 0 Å². The third kappa shape index (κ3) is 3.69. The zero-order valence-corrected chi connectivity index (χ0v) is 16.0. The van der Waals surface area contributed by atoms with Gasteiger partial charge in [0, 0.05) is 10.9 Å². The van der Waals surface area contributed by atoms with Crippen molar-refractivity contribution >= 4 is 10.8 Å². The molecule has 27 heavy (non-hydrogen) atoms. The van der Waals surface area contributed by atoms with Gasteiger partial charge in [-0.2, -0.15) is 0 Å². The van der Waals surface area contributed by atoms with Crippen LogP contribution >= 0.6 is 0 Å². The van der Waals surface area contributed by atoms with Crippen LogP contribution in [0.1, 0.15) is 33.5 Å². The topological polar surface area (TPSA) is 68.9 Å². The number of benzene rings is 2. The Morgan fingerprint density at radius 1 is 0.963 bits per heavy atom. The lowest BCUT2D eigenvalue weighted by Gasteiger charge is -2.21. The molecule has 1 heterocycles. The first-order chi connectivity index (χ1) is 12.9. The van der Waals surface area contributed by atoms with Gasteiger partial charge in [-0.3, -0.25) is 0 Å². The minimum absolute atomic E-state index is 0.220. The van der Waals surface area contributed by atoms with Gasteiger partial charge in [0.15, 0.2) is 11.5 Å². The number of hydrogen-bond donors (Lipinski definition) is 1. The van der Waals surface area contributed by atoms with E-state index >= 15 is 0 Å². The molecule has 0 radical (unpaired) electrons. The minimum Gasteiger partial charge on any atom is -0.490 e. The van der Waals surface area contributed by atoms with Gasteiger partial charge >= 0.3 is 5.63 Å². The first kappa shape index (κ1) is 19.0. The van der Waals surface area contributed by atoms with Crippen LogP contribution in [0.5, 0.6) is 11.5 Å². The van der Waals surface area contributed by atoms with E-state index in [1.807, 2.05) is 44.2 Å². The van der Waals surface area contributed by atoms with Crippen LogP contribution in [0.25, 0.3) is 21.9 Å². The number of hydrogen-bond acceptors (Lipinski definition) is 5. The molecule has 0 aliphatic heterocycles. The minimum atomic E-state index is -1.33. The molecule has 0 saturated heterocycles. The van der Waals surface area contributed by atoms with Crippen LogP contribution in [0.15, 0.2) is 51.7 Å². The van der Waals surface area contributed by atoms with Crippen molar-refractivity contribution in [3.05, 3.63) is 58.6 Å². The molecular weight excluding hydrogens is 344 g/mol. The summed E-state index contributed by atoms with van der Waals surface area (Å²) >= 11 is 0. The standard InChI is InChI=1S/C22H24O5/c1-5-25-17-12-11-14(13-18(17)26-6-2)19-15-9-7-8-10-16(15)21(23)27-20(19)22(3,4)24/h7-13,24H,5-6H2,1-4H3. The fourth-order valence-electron chi connectivity index (χ4n) is 3.12. The van der Waals surface area contributed by atoms with Crippen molar-refractivity contribution in [3.8, 4) is 22.6 Å². The number of aliphatic hydroxyl groups is 1. The maximum absolute atomic E-state index is 12.4. The molecule has 3 aromatic rings. The molecule has 2 aromatic carbocycles. The third-order valence-electron chi connectivity index (χ3n) is 4.23. The largest absolute Gasteiger partial charge is 0.490 e. The predicted octanol–water partition coefficient (Wildman–Crippen LogP) is 4.48. The fourth-order valence-corrected chi connectivity index (χ4v) is 3.12. The van der Waals surface area contributed by atoms with Gasteiger partial charge in [-0.1, -0.05) is 24.3 Å². The zero-order chi connectivity index (χ0) is 19.6. The quantitative estimate of drug-likeness (QED) is 0.694. The molecule has 0 unspecified atom stereocenters. The molecule has 0 aliphatic rings. The van der Waals surface area contributed by atoms with Crippen LogP contribution < -0.4 is 15.1 Å². The van der Waals surface area contributed by atoms with Crippen LogP contribution in [0.2, 0.25) is 0 Å². The van der Waals surface area contributed by atoms with E-state index in [2.05, 4.69) is 0 Å². The van der Waals surface area contributed by atoms with Crippen molar-refractivity contribution in [2.24, 2.45) is 0 Å². The van der Waals surface area contributed by atoms with E-state index in [9.17, 15) is 9.90 Å². The summed E-state index contributed by atoms with van der Waals surface area (Å²) in [5.41, 5.74) is -0.355. The Bertz CT molecular complexity index is 1010. The summed E-state index contributed by atoms with van der Waals surface area (Å²) in [6.45, 7) is 8.03. The molecule has 1 N–H and O–H groups in total. The highest BCUT2D eigenvalue weighted by Gasteiger charge is 2.27. The maximum atomic E-state index is 12.4. The van der Waals surface area contributed by atoms with Gasteiger partial charge < -0.3 is 19.0 Å². The monoisotopic (exact) mass is 368 g/mol. The molecule has 5 nitrogen and oxygen atoms in total. The van der Waals surface area contributed by atoms with Gasteiger partial charge in [-0.05, 0) is 51.5 Å². The average molecular weight is 368 g/mol. The predicted molar refractivity (Wildman–Crippen MR) is 106 cm³/mol. The number of fused-ring (bicyclic) bond motifs is 1. The Labute approximate surface area is 158 Å². The van der Waals surface area contributed by atoms with E-state index in [1.54, 1.807) is 26.0 Å². The SMILES string of the molecule is CCOc1ccc(-c2c(C(C)(C)O)oc(=O)c3ccccc23)cc1OCC. The van der Waals surface area contributed by atoms with Gasteiger partial charge in [-0.25, -0.2) is 4.79 Å². The van der Waals surface area contributed by atoms with E-state index in [4.69, 9.17) is 13.9 Å². The van der Waals surface area contributed by atoms with Gasteiger partial charge in [0.25, 0.3) is 0 Å². The van der Waals surface area contributed by atoms with Gasteiger partial charge in [0.05, 0.1) is 18.6 Å². The molecule has 0 saturated carbocycles. The lowest BCUT2D eigenvalue weighted by molar-refractivity contribution is 0.0521. The smallest absolute Gasteiger partial charge is 0.343 e. The van der Waals surface area contributed by atoms with Crippen molar-refractivity contribution in [2.45, 2.75) is 33.3 Å². The molecular formula is C22H24O5. The number of ether oxygens (including phenoxy) is 2. The third-order valence-corrected chi connectivity index (χ3v) is 4.23. The normalized spacial score (nSPS) is 11.6. The van der Waals surface area contributed by atoms with Crippen LogP contribution in [0.3, 0.4) is 0 Å². The lowest BCUT2D eigenvalue weighted by Crippen LogP contribution is -2.20. The van der Waals surface area contributed by atoms with E-state index in [-0.39, 0.29) is 5.76 Å². The van der Waals surface area contributed by atoms with E-state index in [0.29, 0.717) is 35.7 Å². The molecule has 142 valence electrons. The molecule has 0 amide bonds. The highest BCUT2D eigenvalue weighted by Crippen LogP contribution is 2.39. The lowest BCUT2D eigenvalue weighted by atomic mass is 9.92. The summed E-state index contributed by atoms with van der Waals surface area (Å²) in [5.74, 6) is 1.47. The zero-order valence-electron chi connectivity index (χ0n) is 16.0. The Hall–Kier alpha value is -2.79. The van der Waals surface area contributed by atoms with Crippen molar-refractivity contribution in [2.75, 3.05) is 13.2 Å². The van der Waals surface area contributed by atoms with Crippen molar-refractivity contribution in [3.63, 3.8) is 0 Å². The van der Waals surface area contributed by atoms with Crippen LogP contribution in [-0.4, -0.2) is 18.3 Å². The molecule has 0 bridgehead atoms. The summed E-state index contributed by atoms with van der Waals surface area (Å²) in [7, 11) is 0. The first-order valence-electron chi connectivity index (χ1n) is 9.05. The highest BCUT2D eigenvalue weighted by atomic mass is 16.5. The van der Waals surface area contributed by atoms with Crippen LogP contribution in [0.4, 0.5) is 0 Å². The Morgan fingerprint density at radius 3 is 2.22 bits per heavy atom. The maximum Gasteiger partial charge on any atom is 0.343 e. The Morgan fingerprint density at radius 2 is 1.59 bits per heavy atom. The molecule has 3 rings (SSSR count). The van der Waals surface area contributed by atoms with E-state index < -0.39 is 11.2 Å². The second-order valence-electron chi connectivity index (χ2n) is 6.73. The Balaban J connectivity index is 2.35. The molecule has 1 aromatic heterocycles. The second kappa shape index (κ2) is 7.45. The summed E-state index contributed by atoms with van der Waals surface area (Å²) < 4.78 is 16.9. The van der Waals surface area contributed by atoms with Crippen LogP contribution in [-0.2, 0) is 5.60 Å². The summed E-state index contributed by atoms with van der Waals surface area (Å²) in [4.78, 5) is 12.4. The number of rotatable bonds is 6. The van der Waals surface area contributed by atoms with Crippen molar-refractivity contribution < 1.29 is 19.0 Å². The highest BCUT2D eigenvalue weighted by molar-refractivity contribution is 5.97. The average Bonchev–Trinajstić information content (AvgIpc) is 2.63. The van der Waals surface area contributed by atoms with Gasteiger partial charge in [0.2, 0.25) is 0 Å². The van der Waals surface area contributed by atoms with Gasteiger partial charge in [0.1, 0.15) is 11.4 Å². The van der Waals surface area contributed by atoms with E-state index in [0.717, 1.165) is 10.9 Å². The summed E-state index contributed by atoms with van der Waals surface area (Å²) in [5, 5.41) is 11.8. The molecule has 0 aliphatic carbocycles. The summed E-state index contributed by atoms with van der Waals surface area (Å²) in [6.07, 6.45) is 0. The molecule has 0 atom stereocenters. The fraction of sp³-hybridized carbons (Fsp3) is 0.318. The van der Waals surface area contributed by atoms with Crippen molar-refractivity contribution in [1.29, 1.82) is 0 Å². The van der Waals surface area contributed by atoms with Crippen LogP contribution in [0, 0.1) is 0 Å². The van der Waals surface area contributed by atoms with Crippen molar-refractivity contribution in [1.82, 2.24) is 0 Å². The molecule has 0 spiro atoms. The molecule has 5 heteroatoms. The Kier molecular flexibility index (Phi) is 5.24.